The summed E-state index contributed by atoms with van der Waals surface area (Å²) in [7, 11) is 0. The highest BCUT2D eigenvalue weighted by molar-refractivity contribution is 6.31. The maximum Gasteiger partial charge on any atom is 0.0475 e. The van der Waals surface area contributed by atoms with Gasteiger partial charge in [0.15, 0.2) is 0 Å². The van der Waals surface area contributed by atoms with Crippen LogP contribution < -0.4 is 5.73 Å². The van der Waals surface area contributed by atoms with Gasteiger partial charge in [-0.3, -0.25) is 0 Å². The van der Waals surface area contributed by atoms with Crippen LogP contribution in [0.2, 0.25) is 5.02 Å². The van der Waals surface area contributed by atoms with Crippen molar-refractivity contribution in [3.05, 3.63) is 41.1 Å². The molecule has 0 bridgehead atoms. The number of hydrogen-bond acceptors (Lipinski definition) is 1. The lowest BCUT2D eigenvalue weighted by Gasteiger charge is -1.93. The molecule has 0 spiro atoms. The number of nitrogens with two attached hydrogens (primary N) is 1. The lowest BCUT2D eigenvalue weighted by atomic mass is 10.1. The number of rotatable bonds is 3. The zero-order valence-corrected chi connectivity index (χ0v) is 9.09. The molecule has 0 saturated heterocycles. The van der Waals surface area contributed by atoms with Crippen LogP contribution in [0.1, 0.15) is 12.0 Å². The predicted octanol–water partition coefficient (Wildman–Crippen LogP) is 3.18. The number of H-pyrrole nitrogens is 1. The molecule has 0 aliphatic heterocycles. The summed E-state index contributed by atoms with van der Waals surface area (Å²) in [4.78, 5) is 3.19. The third-order valence-electron chi connectivity index (χ3n) is 2.31. The Labute approximate surface area is 93.7 Å². The van der Waals surface area contributed by atoms with Crippen molar-refractivity contribution in [3.8, 4) is 0 Å². The fourth-order valence-electron chi connectivity index (χ4n) is 1.57. The molecule has 1 aromatic carbocycles. The van der Waals surface area contributed by atoms with E-state index in [2.05, 4.69) is 17.1 Å². The van der Waals surface area contributed by atoms with E-state index in [1.165, 1.54) is 10.9 Å². The molecule has 0 atom stereocenters. The number of aromatic amines is 1. The van der Waals surface area contributed by atoms with Crippen LogP contribution in [0.3, 0.4) is 0 Å². The second-order valence-electron chi connectivity index (χ2n) is 3.41. The summed E-state index contributed by atoms with van der Waals surface area (Å²) in [5.74, 6) is 0. The lowest BCUT2D eigenvalue weighted by Crippen LogP contribution is -1.94. The molecule has 15 heavy (non-hydrogen) atoms. The molecule has 2 nitrogen and oxygen atoms in total. The average molecular weight is 221 g/mol. The van der Waals surface area contributed by atoms with Crippen LogP contribution in [-0.4, -0.2) is 11.5 Å². The Bertz CT molecular complexity index is 485. The van der Waals surface area contributed by atoms with Crippen molar-refractivity contribution in [1.82, 2.24) is 4.98 Å². The third kappa shape index (κ3) is 2.22. The average Bonchev–Trinajstić information content (AvgIpc) is 2.61. The number of hydrogen-bond donors (Lipinski definition) is 2. The minimum atomic E-state index is 0.685. The summed E-state index contributed by atoms with van der Waals surface area (Å²) in [5, 5.41) is 1.94. The first-order chi connectivity index (χ1) is 7.31. The quantitative estimate of drug-likeness (QED) is 0.820. The van der Waals surface area contributed by atoms with E-state index < -0.39 is 0 Å². The van der Waals surface area contributed by atoms with Crippen LogP contribution in [-0.2, 0) is 0 Å². The van der Waals surface area contributed by atoms with Crippen molar-refractivity contribution in [2.45, 2.75) is 6.42 Å². The van der Waals surface area contributed by atoms with E-state index in [0.29, 0.717) is 6.54 Å². The number of aromatic nitrogens is 1. The molecule has 0 amide bonds. The van der Waals surface area contributed by atoms with Gasteiger partial charge in [-0.1, -0.05) is 29.8 Å². The van der Waals surface area contributed by atoms with Gasteiger partial charge in [-0.25, -0.2) is 0 Å². The van der Waals surface area contributed by atoms with Crippen molar-refractivity contribution in [1.29, 1.82) is 0 Å². The first-order valence-electron chi connectivity index (χ1n) is 4.94. The van der Waals surface area contributed by atoms with E-state index in [9.17, 15) is 0 Å². The SMILES string of the molecule is NCC/C=C/c1c[nH]c2cc(Cl)ccc12. The van der Waals surface area contributed by atoms with Gasteiger partial charge in [-0.15, -0.1) is 0 Å². The molecule has 3 N–H and O–H groups in total. The summed E-state index contributed by atoms with van der Waals surface area (Å²) in [6.07, 6.45) is 7.05. The number of benzene rings is 1. The summed E-state index contributed by atoms with van der Waals surface area (Å²) >= 11 is 5.90. The summed E-state index contributed by atoms with van der Waals surface area (Å²) in [5.41, 5.74) is 7.66. The molecule has 0 saturated carbocycles. The van der Waals surface area contributed by atoms with Crippen LogP contribution in [0.15, 0.2) is 30.5 Å². The number of fused-ring (bicyclic) bond motifs is 1. The van der Waals surface area contributed by atoms with Gasteiger partial charge in [-0.2, -0.15) is 0 Å². The fourth-order valence-corrected chi connectivity index (χ4v) is 1.74. The van der Waals surface area contributed by atoms with Gasteiger partial charge in [-0.05, 0) is 30.7 Å². The number of nitrogens with one attached hydrogen (secondary N) is 1. The van der Waals surface area contributed by atoms with E-state index in [1.54, 1.807) is 0 Å². The van der Waals surface area contributed by atoms with Gasteiger partial charge >= 0.3 is 0 Å². The highest BCUT2D eigenvalue weighted by atomic mass is 35.5. The molecular weight excluding hydrogens is 208 g/mol. The number of halogens is 1. The molecule has 1 heterocycles. The first kappa shape index (κ1) is 10.3. The lowest BCUT2D eigenvalue weighted by molar-refractivity contribution is 1.01. The van der Waals surface area contributed by atoms with Gasteiger partial charge in [0.2, 0.25) is 0 Å². The van der Waals surface area contributed by atoms with Crippen LogP contribution in [0, 0.1) is 0 Å². The summed E-state index contributed by atoms with van der Waals surface area (Å²) < 4.78 is 0. The molecule has 2 rings (SSSR count). The van der Waals surface area contributed by atoms with Crippen molar-refractivity contribution >= 4 is 28.6 Å². The standard InChI is InChI=1S/C12H13ClN2/c13-10-4-5-11-9(3-1-2-6-14)8-15-12(11)7-10/h1,3-5,7-8,15H,2,6,14H2/b3-1+. The van der Waals surface area contributed by atoms with E-state index in [0.717, 1.165) is 17.0 Å². The van der Waals surface area contributed by atoms with Crippen molar-refractivity contribution in [3.63, 3.8) is 0 Å². The molecule has 0 unspecified atom stereocenters. The van der Waals surface area contributed by atoms with Crippen LogP contribution in [0.4, 0.5) is 0 Å². The first-order valence-corrected chi connectivity index (χ1v) is 5.32. The van der Waals surface area contributed by atoms with E-state index in [4.69, 9.17) is 17.3 Å². The second kappa shape index (κ2) is 4.51. The van der Waals surface area contributed by atoms with Crippen molar-refractivity contribution in [2.75, 3.05) is 6.54 Å². The molecule has 78 valence electrons. The molecular formula is C12H13ClN2. The highest BCUT2D eigenvalue weighted by Gasteiger charge is 2.00. The molecule has 3 heteroatoms. The Morgan fingerprint density at radius 2 is 2.27 bits per heavy atom. The molecule has 1 aromatic heterocycles. The van der Waals surface area contributed by atoms with Crippen molar-refractivity contribution in [2.24, 2.45) is 5.73 Å². The zero-order chi connectivity index (χ0) is 10.7. The normalized spacial score (nSPS) is 11.6. The molecule has 0 aliphatic carbocycles. The predicted molar refractivity (Wildman–Crippen MR) is 66.0 cm³/mol. The Morgan fingerprint density at radius 1 is 1.40 bits per heavy atom. The smallest absolute Gasteiger partial charge is 0.0475 e. The maximum absolute atomic E-state index is 5.90. The van der Waals surface area contributed by atoms with E-state index >= 15 is 0 Å². The zero-order valence-electron chi connectivity index (χ0n) is 8.33. The Balaban J connectivity index is 2.36. The van der Waals surface area contributed by atoms with Crippen LogP contribution in [0.25, 0.3) is 17.0 Å². The van der Waals surface area contributed by atoms with Crippen LogP contribution >= 0.6 is 11.6 Å². The topological polar surface area (TPSA) is 41.8 Å². The van der Waals surface area contributed by atoms with Gasteiger partial charge < -0.3 is 10.7 Å². The van der Waals surface area contributed by atoms with Gasteiger partial charge in [0.25, 0.3) is 0 Å². The minimum Gasteiger partial charge on any atom is -0.361 e. The minimum absolute atomic E-state index is 0.685. The summed E-state index contributed by atoms with van der Waals surface area (Å²) in [6.45, 7) is 0.685. The van der Waals surface area contributed by atoms with E-state index in [-0.39, 0.29) is 0 Å². The van der Waals surface area contributed by atoms with Gasteiger partial charge in [0, 0.05) is 22.1 Å². The second-order valence-corrected chi connectivity index (χ2v) is 3.85. The highest BCUT2D eigenvalue weighted by Crippen LogP contribution is 2.22. The van der Waals surface area contributed by atoms with Crippen LogP contribution in [0.5, 0.6) is 0 Å². The van der Waals surface area contributed by atoms with Crippen molar-refractivity contribution < 1.29 is 0 Å². The van der Waals surface area contributed by atoms with Gasteiger partial charge in [0.05, 0.1) is 0 Å². The van der Waals surface area contributed by atoms with Gasteiger partial charge in [0.1, 0.15) is 0 Å². The third-order valence-corrected chi connectivity index (χ3v) is 2.54. The molecule has 0 aliphatic rings. The monoisotopic (exact) mass is 220 g/mol. The Morgan fingerprint density at radius 3 is 3.07 bits per heavy atom. The maximum atomic E-state index is 5.90. The summed E-state index contributed by atoms with van der Waals surface area (Å²) in [6, 6.07) is 5.85. The molecule has 0 radical (unpaired) electrons. The van der Waals surface area contributed by atoms with E-state index in [1.807, 2.05) is 24.4 Å². The molecule has 2 aromatic rings. The Kier molecular flexibility index (Phi) is 3.09. The largest absolute Gasteiger partial charge is 0.361 e. The molecule has 0 fully saturated rings. The fraction of sp³-hybridized carbons (Fsp3) is 0.167. The Hall–Kier alpha value is -1.25.